The Balaban J connectivity index is 1.44. The monoisotopic (exact) mass is 377 g/mol. The van der Waals surface area contributed by atoms with Crippen molar-refractivity contribution >= 4 is 5.91 Å². The molecule has 0 N–H and O–H groups in total. The van der Waals surface area contributed by atoms with Gasteiger partial charge < -0.3 is 18.9 Å². The largest absolute Gasteiger partial charge is 0.376 e. The highest BCUT2D eigenvalue weighted by molar-refractivity contribution is 5.79. The summed E-state index contributed by atoms with van der Waals surface area (Å²) in [6.45, 7) is 1.94. The number of likely N-dealkylation sites (tertiary alicyclic amines) is 1. The van der Waals surface area contributed by atoms with Crippen molar-refractivity contribution in [2.24, 2.45) is 0 Å². The molecule has 146 valence electrons. The summed E-state index contributed by atoms with van der Waals surface area (Å²) in [6, 6.07) is 6.38. The minimum Gasteiger partial charge on any atom is -0.376 e. The van der Waals surface area contributed by atoms with E-state index >= 15 is 0 Å². The quantitative estimate of drug-likeness (QED) is 0.702. The van der Waals surface area contributed by atoms with E-state index in [1.165, 1.54) is 6.07 Å². The SMILES string of the molecule is COCc1nc(CCOC2CCCN(C(=O)Cc3ccccc3F)C2)no1. The van der Waals surface area contributed by atoms with E-state index in [0.29, 0.717) is 43.4 Å². The molecular formula is C19H24FN3O4. The van der Waals surface area contributed by atoms with E-state index in [4.69, 9.17) is 14.0 Å². The van der Waals surface area contributed by atoms with E-state index < -0.39 is 0 Å². The summed E-state index contributed by atoms with van der Waals surface area (Å²) >= 11 is 0. The lowest BCUT2D eigenvalue weighted by molar-refractivity contribution is -0.134. The molecule has 1 aliphatic rings. The molecule has 0 radical (unpaired) electrons. The molecular weight excluding hydrogens is 353 g/mol. The number of ether oxygens (including phenoxy) is 2. The van der Waals surface area contributed by atoms with E-state index in [9.17, 15) is 9.18 Å². The molecule has 7 nitrogen and oxygen atoms in total. The molecule has 0 aliphatic carbocycles. The molecule has 2 heterocycles. The highest BCUT2D eigenvalue weighted by atomic mass is 19.1. The molecule has 1 amide bonds. The Morgan fingerprint density at radius 3 is 3.07 bits per heavy atom. The van der Waals surface area contributed by atoms with E-state index in [1.807, 2.05) is 0 Å². The number of nitrogens with zero attached hydrogens (tertiary/aromatic N) is 3. The standard InChI is InChI=1S/C19H24FN3O4/c1-25-13-18-21-17(22-27-18)8-10-26-15-6-4-9-23(12-15)19(24)11-14-5-2-3-7-16(14)20/h2-3,5,7,15H,4,6,8-13H2,1H3. The number of rotatable bonds is 8. The Hall–Kier alpha value is -2.32. The van der Waals surface area contributed by atoms with Gasteiger partial charge in [-0.3, -0.25) is 4.79 Å². The van der Waals surface area contributed by atoms with Gasteiger partial charge in [0.2, 0.25) is 5.91 Å². The average Bonchev–Trinajstić information content (AvgIpc) is 3.11. The van der Waals surface area contributed by atoms with Gasteiger partial charge in [-0.25, -0.2) is 4.39 Å². The Bertz CT molecular complexity index is 752. The zero-order valence-corrected chi connectivity index (χ0v) is 15.4. The number of halogens is 1. The number of benzene rings is 1. The molecule has 1 aromatic carbocycles. The third-order valence-corrected chi connectivity index (χ3v) is 4.49. The van der Waals surface area contributed by atoms with Crippen LogP contribution in [0.5, 0.6) is 0 Å². The van der Waals surface area contributed by atoms with E-state index in [2.05, 4.69) is 10.1 Å². The first-order valence-electron chi connectivity index (χ1n) is 9.09. The van der Waals surface area contributed by atoms with Gasteiger partial charge in [0.1, 0.15) is 12.4 Å². The summed E-state index contributed by atoms with van der Waals surface area (Å²) in [4.78, 5) is 18.4. The highest BCUT2D eigenvalue weighted by Gasteiger charge is 2.24. The number of hydrogen-bond acceptors (Lipinski definition) is 6. The van der Waals surface area contributed by atoms with Crippen molar-refractivity contribution in [2.45, 2.75) is 38.4 Å². The number of amides is 1. The van der Waals surface area contributed by atoms with Crippen LogP contribution in [0, 0.1) is 5.82 Å². The van der Waals surface area contributed by atoms with Crippen molar-refractivity contribution in [3.63, 3.8) is 0 Å². The zero-order chi connectivity index (χ0) is 19.1. The number of carbonyl (C=O) groups excluding carboxylic acids is 1. The molecule has 1 fully saturated rings. The number of hydrogen-bond donors (Lipinski definition) is 0. The lowest BCUT2D eigenvalue weighted by Crippen LogP contribution is -2.44. The summed E-state index contributed by atoms with van der Waals surface area (Å²) in [5, 5.41) is 3.87. The van der Waals surface area contributed by atoms with Gasteiger partial charge in [0.05, 0.1) is 19.1 Å². The lowest BCUT2D eigenvalue weighted by atomic mass is 10.1. The van der Waals surface area contributed by atoms with Gasteiger partial charge in [-0.2, -0.15) is 4.98 Å². The predicted molar refractivity (Wildman–Crippen MR) is 94.4 cm³/mol. The third kappa shape index (κ3) is 5.58. The molecule has 0 bridgehead atoms. The predicted octanol–water partition coefficient (Wildman–Crippen LogP) is 2.15. The Morgan fingerprint density at radius 1 is 1.41 bits per heavy atom. The van der Waals surface area contributed by atoms with Gasteiger partial charge in [-0.05, 0) is 24.5 Å². The maximum atomic E-state index is 13.7. The first-order chi connectivity index (χ1) is 13.2. The second-order valence-corrected chi connectivity index (χ2v) is 6.53. The maximum absolute atomic E-state index is 13.7. The second-order valence-electron chi connectivity index (χ2n) is 6.53. The fourth-order valence-electron chi connectivity index (χ4n) is 3.11. The molecule has 1 aromatic heterocycles. The third-order valence-electron chi connectivity index (χ3n) is 4.49. The summed E-state index contributed by atoms with van der Waals surface area (Å²) in [5.41, 5.74) is 0.425. The first kappa shape index (κ1) is 19.4. The lowest BCUT2D eigenvalue weighted by Gasteiger charge is -2.32. The molecule has 1 atom stereocenters. The van der Waals surface area contributed by atoms with Crippen molar-refractivity contribution in [3.8, 4) is 0 Å². The molecule has 1 unspecified atom stereocenters. The summed E-state index contributed by atoms with van der Waals surface area (Å²) in [5.74, 6) is 0.597. The zero-order valence-electron chi connectivity index (χ0n) is 15.4. The number of carbonyl (C=O) groups is 1. The van der Waals surface area contributed by atoms with Crippen LogP contribution < -0.4 is 0 Å². The molecule has 8 heteroatoms. The van der Waals surface area contributed by atoms with Crippen LogP contribution in [-0.4, -0.2) is 53.9 Å². The Morgan fingerprint density at radius 2 is 2.26 bits per heavy atom. The van der Waals surface area contributed by atoms with Crippen LogP contribution in [0.2, 0.25) is 0 Å². The van der Waals surface area contributed by atoms with Gasteiger partial charge in [-0.1, -0.05) is 23.4 Å². The van der Waals surface area contributed by atoms with Crippen LogP contribution in [-0.2, 0) is 33.7 Å². The molecule has 0 saturated carbocycles. The highest BCUT2D eigenvalue weighted by Crippen LogP contribution is 2.16. The number of methoxy groups -OCH3 is 1. The molecule has 1 saturated heterocycles. The van der Waals surface area contributed by atoms with Crippen LogP contribution in [0.4, 0.5) is 4.39 Å². The first-order valence-corrected chi connectivity index (χ1v) is 9.09. The van der Waals surface area contributed by atoms with Crippen LogP contribution in [0.15, 0.2) is 28.8 Å². The maximum Gasteiger partial charge on any atom is 0.252 e. The Labute approximate surface area is 157 Å². The molecule has 3 rings (SSSR count). The van der Waals surface area contributed by atoms with Crippen LogP contribution >= 0.6 is 0 Å². The minimum atomic E-state index is -0.344. The van der Waals surface area contributed by atoms with Gasteiger partial charge in [0.15, 0.2) is 5.82 Å². The summed E-state index contributed by atoms with van der Waals surface area (Å²) in [6.07, 6.45) is 2.34. The smallest absolute Gasteiger partial charge is 0.252 e. The number of aromatic nitrogens is 2. The fraction of sp³-hybridized carbons (Fsp3) is 0.526. The Kier molecular flexibility index (Phi) is 6.89. The van der Waals surface area contributed by atoms with Crippen molar-refractivity contribution < 1.29 is 23.2 Å². The second kappa shape index (κ2) is 9.57. The fourth-order valence-corrected chi connectivity index (χ4v) is 3.11. The van der Waals surface area contributed by atoms with Crippen molar-refractivity contribution in [2.75, 3.05) is 26.8 Å². The van der Waals surface area contributed by atoms with E-state index in [-0.39, 0.29) is 30.9 Å². The topological polar surface area (TPSA) is 77.7 Å². The van der Waals surface area contributed by atoms with Gasteiger partial charge in [0.25, 0.3) is 5.89 Å². The molecule has 2 aromatic rings. The van der Waals surface area contributed by atoms with Crippen molar-refractivity contribution in [1.29, 1.82) is 0 Å². The van der Waals surface area contributed by atoms with Crippen LogP contribution in [0.3, 0.4) is 0 Å². The van der Waals surface area contributed by atoms with E-state index in [1.54, 1.807) is 30.2 Å². The average molecular weight is 377 g/mol. The minimum absolute atomic E-state index is 0.0336. The molecule has 1 aliphatic heterocycles. The number of piperidine rings is 1. The normalized spacial score (nSPS) is 17.3. The molecule has 27 heavy (non-hydrogen) atoms. The van der Waals surface area contributed by atoms with Crippen LogP contribution in [0.1, 0.15) is 30.1 Å². The summed E-state index contributed by atoms with van der Waals surface area (Å²) < 4.78 is 29.6. The van der Waals surface area contributed by atoms with Crippen LogP contribution in [0.25, 0.3) is 0 Å². The van der Waals surface area contributed by atoms with Gasteiger partial charge in [-0.15, -0.1) is 0 Å². The van der Waals surface area contributed by atoms with E-state index in [0.717, 1.165) is 12.8 Å². The van der Waals surface area contributed by atoms with Crippen molar-refractivity contribution in [3.05, 3.63) is 47.4 Å². The summed E-state index contributed by atoms with van der Waals surface area (Å²) in [7, 11) is 1.56. The van der Waals surface area contributed by atoms with Crippen molar-refractivity contribution in [1.82, 2.24) is 15.0 Å². The van der Waals surface area contributed by atoms with Gasteiger partial charge >= 0.3 is 0 Å². The molecule has 0 spiro atoms. The van der Waals surface area contributed by atoms with Gasteiger partial charge in [0, 0.05) is 26.6 Å².